The van der Waals surface area contributed by atoms with Crippen molar-refractivity contribution in [2.45, 2.75) is 26.4 Å². The molecule has 0 unspecified atom stereocenters. The summed E-state index contributed by atoms with van der Waals surface area (Å²) in [5, 5.41) is 6.86. The molecule has 136 valence electrons. The number of hydrogen-bond donors (Lipinski definition) is 1. The highest BCUT2D eigenvalue weighted by atomic mass is 16.1. The van der Waals surface area contributed by atoms with Gasteiger partial charge in [-0.15, -0.1) is 0 Å². The molecular weight excluding hydrogens is 340 g/mol. The smallest absolute Gasteiger partial charge is 0.253 e. The van der Waals surface area contributed by atoms with Crippen LogP contribution in [0.15, 0.2) is 30.6 Å². The number of rotatable bonds is 2. The Kier molecular flexibility index (Phi) is 2.67. The summed E-state index contributed by atoms with van der Waals surface area (Å²) in [6, 6.07) is 5.16. The first-order valence-electron chi connectivity index (χ1n) is 10.7. The monoisotopic (exact) mass is 364 g/mol. The van der Waals surface area contributed by atoms with Crippen molar-refractivity contribution in [2.24, 2.45) is 7.05 Å². The van der Waals surface area contributed by atoms with Crippen LogP contribution in [0.25, 0.3) is 11.3 Å². The number of hydrogen-bond acceptors (Lipinski definition) is 5. The van der Waals surface area contributed by atoms with Crippen LogP contribution in [0, 0.1) is 6.92 Å². The van der Waals surface area contributed by atoms with Crippen molar-refractivity contribution < 1.29 is 10.3 Å². The zero-order valence-corrected chi connectivity index (χ0v) is 14.9. The number of pyridine rings is 2. The summed E-state index contributed by atoms with van der Waals surface area (Å²) < 4.78 is 36.8. The average molecular weight is 364 g/mol. The number of aryl methyl sites for hydroxylation is 3. The molecule has 2 aliphatic rings. The van der Waals surface area contributed by atoms with Crippen molar-refractivity contribution in [3.8, 4) is 11.3 Å². The minimum Gasteiger partial charge on any atom is -0.352 e. The Hall–Kier alpha value is -3.22. The number of carbonyl (C=O) groups excluding carboxylic acids is 1. The zero-order valence-electron chi connectivity index (χ0n) is 18.9. The zero-order chi connectivity index (χ0) is 22.1. The fraction of sp³-hybridized carbons (Fsp3) is 0.300. The molecule has 27 heavy (non-hydrogen) atoms. The van der Waals surface area contributed by atoms with E-state index in [9.17, 15) is 4.79 Å². The van der Waals surface area contributed by atoms with Crippen molar-refractivity contribution in [1.82, 2.24) is 25.1 Å². The molecule has 0 fully saturated rings. The Morgan fingerprint density at radius 1 is 1.30 bits per heavy atom. The molecule has 2 aliphatic heterocycles. The maximum atomic E-state index is 12.0. The first kappa shape index (κ1) is 12.2. The topological polar surface area (TPSA) is 75.9 Å². The van der Waals surface area contributed by atoms with Gasteiger partial charge in [-0.2, -0.15) is 5.10 Å². The van der Waals surface area contributed by atoms with Crippen molar-refractivity contribution in [2.75, 3.05) is 11.4 Å². The Morgan fingerprint density at radius 3 is 3.00 bits per heavy atom. The third-order valence-corrected chi connectivity index (χ3v) is 4.86. The summed E-state index contributed by atoms with van der Waals surface area (Å²) >= 11 is 0. The Bertz CT molecular complexity index is 1240. The lowest BCUT2D eigenvalue weighted by atomic mass is 10.0. The van der Waals surface area contributed by atoms with Gasteiger partial charge in [0.25, 0.3) is 5.91 Å². The molecule has 7 heteroatoms. The number of nitrogens with zero attached hydrogens (tertiary/aromatic N) is 5. The largest absolute Gasteiger partial charge is 0.352 e. The molecule has 1 N–H and O–H groups in total. The molecule has 3 aromatic rings. The van der Waals surface area contributed by atoms with Crippen LogP contribution in [-0.4, -0.2) is 32.2 Å². The summed E-state index contributed by atoms with van der Waals surface area (Å²) in [7, 11) is 1.79. The Labute approximate surface area is 162 Å². The van der Waals surface area contributed by atoms with Crippen LogP contribution in [0.3, 0.4) is 0 Å². The van der Waals surface area contributed by atoms with E-state index < -0.39 is 13.0 Å². The lowest BCUT2D eigenvalue weighted by Crippen LogP contribution is -2.32. The molecule has 5 heterocycles. The summed E-state index contributed by atoms with van der Waals surface area (Å²) in [6.45, 7) is -2.34. The SMILES string of the molecule is [2H]C1([2H])Cc2ncc(-c3ccnn3C)cc2C([2H])([2H])N1c1nc2c(cc1C)C(=O)NC2. The van der Waals surface area contributed by atoms with Gasteiger partial charge < -0.3 is 10.2 Å². The van der Waals surface area contributed by atoms with E-state index in [2.05, 4.69) is 20.4 Å². The van der Waals surface area contributed by atoms with Crippen LogP contribution in [0.1, 0.15) is 38.4 Å². The fourth-order valence-electron chi connectivity index (χ4n) is 3.43. The fourth-order valence-corrected chi connectivity index (χ4v) is 3.43. The summed E-state index contributed by atoms with van der Waals surface area (Å²) in [6.07, 6.45) is 3.18. The van der Waals surface area contributed by atoms with E-state index in [1.807, 2.05) is 6.07 Å². The molecule has 0 bridgehead atoms. The number of nitrogens with one attached hydrogen (secondary N) is 1. The minimum atomic E-state index is -2.22. The van der Waals surface area contributed by atoms with Crippen LogP contribution in [0.5, 0.6) is 0 Å². The predicted molar refractivity (Wildman–Crippen MR) is 101 cm³/mol. The third-order valence-electron chi connectivity index (χ3n) is 4.86. The van der Waals surface area contributed by atoms with Gasteiger partial charge in [0, 0.05) is 52.9 Å². The van der Waals surface area contributed by atoms with E-state index >= 15 is 0 Å². The highest BCUT2D eigenvalue weighted by Gasteiger charge is 2.26. The normalized spacial score (nSPS) is 21.4. The average Bonchev–Trinajstić information content (AvgIpc) is 3.27. The predicted octanol–water partition coefficient (Wildman–Crippen LogP) is 1.99. The lowest BCUT2D eigenvalue weighted by Gasteiger charge is -2.30. The Balaban J connectivity index is 1.68. The van der Waals surface area contributed by atoms with Gasteiger partial charge in [0.2, 0.25) is 0 Å². The molecule has 7 nitrogen and oxygen atoms in total. The second-order valence-corrected chi connectivity index (χ2v) is 6.65. The van der Waals surface area contributed by atoms with Crippen molar-refractivity contribution in [3.05, 3.63) is 58.7 Å². The number of aromatic nitrogens is 4. The Morgan fingerprint density at radius 2 is 2.19 bits per heavy atom. The molecule has 0 spiro atoms. The summed E-state index contributed by atoms with van der Waals surface area (Å²) in [5.74, 6) is -0.0426. The lowest BCUT2D eigenvalue weighted by molar-refractivity contribution is 0.0965. The molecule has 0 saturated heterocycles. The summed E-state index contributed by atoms with van der Waals surface area (Å²) in [4.78, 5) is 22.0. The highest BCUT2D eigenvalue weighted by molar-refractivity contribution is 5.98. The van der Waals surface area contributed by atoms with Crippen molar-refractivity contribution in [3.63, 3.8) is 0 Å². The molecule has 0 atom stereocenters. The van der Waals surface area contributed by atoms with Gasteiger partial charge in [-0.25, -0.2) is 4.98 Å². The first-order chi connectivity index (χ1) is 14.6. The third kappa shape index (κ3) is 2.58. The van der Waals surface area contributed by atoms with Crippen LogP contribution in [-0.2, 0) is 26.5 Å². The standard InChI is InChI=1S/C20H20N6O/c1-12-7-15-17(10-22-20(15)27)24-19(12)26-6-4-16-14(11-26)8-13(9-21-16)18-3-5-23-25(18)2/h3,5,7-9H,4,6,10-11H2,1-2H3,(H,22,27)/i6D2,11D2. The second-order valence-electron chi connectivity index (χ2n) is 6.65. The van der Waals surface area contributed by atoms with Crippen LogP contribution >= 0.6 is 0 Å². The molecule has 0 aromatic carbocycles. The first-order valence-corrected chi connectivity index (χ1v) is 8.66. The van der Waals surface area contributed by atoms with E-state index in [1.165, 1.54) is 0 Å². The molecular formula is C20H20N6O. The van der Waals surface area contributed by atoms with Crippen molar-refractivity contribution >= 4 is 11.7 Å². The van der Waals surface area contributed by atoms with E-state index in [0.717, 1.165) is 10.6 Å². The second kappa shape index (κ2) is 5.90. The number of anilines is 1. The quantitative estimate of drug-likeness (QED) is 0.753. The van der Waals surface area contributed by atoms with Crippen molar-refractivity contribution in [1.29, 1.82) is 0 Å². The molecule has 5 rings (SSSR count). The molecule has 0 saturated carbocycles. The van der Waals surface area contributed by atoms with E-state index in [0.29, 0.717) is 28.1 Å². The van der Waals surface area contributed by atoms with Crippen LogP contribution < -0.4 is 10.2 Å². The minimum absolute atomic E-state index is 0.0943. The summed E-state index contributed by atoms with van der Waals surface area (Å²) in [5.41, 5.74) is 3.60. The molecule has 0 radical (unpaired) electrons. The number of fused-ring (bicyclic) bond motifs is 2. The van der Waals surface area contributed by atoms with Gasteiger partial charge in [0.05, 0.1) is 26.2 Å². The number of amides is 1. The maximum Gasteiger partial charge on any atom is 0.253 e. The molecule has 0 aliphatic carbocycles. The van der Waals surface area contributed by atoms with Crippen LogP contribution in [0.4, 0.5) is 5.82 Å². The van der Waals surface area contributed by atoms with Gasteiger partial charge in [0.15, 0.2) is 0 Å². The number of carbonyl (C=O) groups is 1. The highest BCUT2D eigenvalue weighted by Crippen LogP contribution is 2.29. The van der Waals surface area contributed by atoms with Gasteiger partial charge in [-0.3, -0.25) is 14.5 Å². The van der Waals surface area contributed by atoms with E-state index in [-0.39, 0.29) is 30.3 Å². The van der Waals surface area contributed by atoms with E-state index in [1.54, 1.807) is 43.2 Å². The van der Waals surface area contributed by atoms with Crippen LogP contribution in [0.2, 0.25) is 0 Å². The van der Waals surface area contributed by atoms with Gasteiger partial charge >= 0.3 is 0 Å². The van der Waals surface area contributed by atoms with Gasteiger partial charge in [0.1, 0.15) is 5.82 Å². The molecule has 1 amide bonds. The molecule has 3 aromatic heterocycles. The van der Waals surface area contributed by atoms with E-state index in [4.69, 9.17) is 5.48 Å². The van der Waals surface area contributed by atoms with Gasteiger partial charge in [-0.05, 0) is 36.2 Å². The van der Waals surface area contributed by atoms with Gasteiger partial charge in [-0.1, -0.05) is 0 Å². The maximum absolute atomic E-state index is 12.0.